The van der Waals surface area contributed by atoms with E-state index in [1.54, 1.807) is 0 Å². The molecule has 0 bridgehead atoms. The van der Waals surface area contributed by atoms with Crippen molar-refractivity contribution in [2.45, 2.75) is 13.8 Å². The first-order chi connectivity index (χ1) is 8.15. The minimum Gasteiger partial charge on any atom is -0.456 e. The van der Waals surface area contributed by atoms with Crippen molar-refractivity contribution in [3.8, 4) is 0 Å². The summed E-state index contributed by atoms with van der Waals surface area (Å²) in [6, 6.07) is 1.92. The van der Waals surface area contributed by atoms with Crippen molar-refractivity contribution in [1.29, 1.82) is 0 Å². The number of rotatable bonds is 1. The number of carbonyl (C=O) groups excluding carboxylic acids is 1. The molecule has 1 aromatic heterocycles. The summed E-state index contributed by atoms with van der Waals surface area (Å²) >= 11 is 0. The Hall–Kier alpha value is -1.29. The quantitative estimate of drug-likeness (QED) is 0.794. The second kappa shape index (κ2) is 3.88. The molecule has 0 radical (unpaired) electrons. The summed E-state index contributed by atoms with van der Waals surface area (Å²) in [5, 5.41) is 3.38. The van der Waals surface area contributed by atoms with Gasteiger partial charge in [-0.3, -0.25) is 4.79 Å². The largest absolute Gasteiger partial charge is 0.456 e. The highest BCUT2D eigenvalue weighted by molar-refractivity contribution is 5.93. The number of aryl methyl sites for hydroxylation is 2. The average Bonchev–Trinajstić information content (AvgIpc) is 2.90. The van der Waals surface area contributed by atoms with E-state index in [4.69, 9.17) is 4.42 Å². The smallest absolute Gasteiger partial charge is 0.289 e. The summed E-state index contributed by atoms with van der Waals surface area (Å²) in [5.74, 6) is 2.66. The van der Waals surface area contributed by atoms with E-state index < -0.39 is 0 Å². The highest BCUT2D eigenvalue weighted by atomic mass is 16.4. The van der Waals surface area contributed by atoms with Gasteiger partial charge in [-0.1, -0.05) is 0 Å². The van der Waals surface area contributed by atoms with Crippen LogP contribution in [-0.4, -0.2) is 37.0 Å². The van der Waals surface area contributed by atoms with Crippen LogP contribution in [0, 0.1) is 25.7 Å². The lowest BCUT2D eigenvalue weighted by molar-refractivity contribution is 0.0747. The van der Waals surface area contributed by atoms with E-state index >= 15 is 0 Å². The zero-order valence-electron chi connectivity index (χ0n) is 10.3. The first-order valence-corrected chi connectivity index (χ1v) is 6.22. The van der Waals surface area contributed by atoms with Crippen LogP contribution in [0.4, 0.5) is 0 Å². The van der Waals surface area contributed by atoms with Gasteiger partial charge in [0.25, 0.3) is 5.91 Å². The normalized spacial score (nSPS) is 27.5. The van der Waals surface area contributed by atoms with Crippen LogP contribution < -0.4 is 5.32 Å². The van der Waals surface area contributed by atoms with Gasteiger partial charge in [-0.15, -0.1) is 0 Å². The number of hydrogen-bond acceptors (Lipinski definition) is 3. The molecule has 0 spiro atoms. The molecule has 17 heavy (non-hydrogen) atoms. The van der Waals surface area contributed by atoms with E-state index in [1.807, 2.05) is 24.8 Å². The monoisotopic (exact) mass is 234 g/mol. The van der Waals surface area contributed by atoms with Crippen LogP contribution in [-0.2, 0) is 0 Å². The molecule has 1 amide bonds. The lowest BCUT2D eigenvalue weighted by Gasteiger charge is -2.16. The van der Waals surface area contributed by atoms with E-state index in [0.717, 1.165) is 37.5 Å². The van der Waals surface area contributed by atoms with Crippen LogP contribution in [0.2, 0.25) is 0 Å². The van der Waals surface area contributed by atoms with Gasteiger partial charge in [-0.25, -0.2) is 0 Å². The highest BCUT2D eigenvalue weighted by Crippen LogP contribution is 2.28. The second-order valence-corrected chi connectivity index (χ2v) is 5.26. The summed E-state index contributed by atoms with van der Waals surface area (Å²) in [5.41, 5.74) is 0.947. The van der Waals surface area contributed by atoms with Gasteiger partial charge in [0, 0.05) is 31.7 Å². The molecule has 1 aromatic rings. The third-order valence-electron chi connectivity index (χ3n) is 3.91. The predicted octanol–water partition coefficient (Wildman–Crippen LogP) is 1.19. The standard InChI is InChI=1S/C13H18N2O2/c1-8-3-9(2)17-12(8)13(16)15-6-10-4-14-5-11(10)7-15/h3,10-11,14H,4-7H2,1-2H3. The van der Waals surface area contributed by atoms with Gasteiger partial charge in [0.15, 0.2) is 5.76 Å². The molecule has 4 nitrogen and oxygen atoms in total. The Labute approximate surface area is 101 Å². The van der Waals surface area contributed by atoms with Crippen molar-refractivity contribution in [1.82, 2.24) is 10.2 Å². The molecule has 0 aliphatic carbocycles. The van der Waals surface area contributed by atoms with E-state index in [0.29, 0.717) is 17.6 Å². The number of nitrogens with zero attached hydrogens (tertiary/aromatic N) is 1. The van der Waals surface area contributed by atoms with Crippen LogP contribution in [0.25, 0.3) is 0 Å². The fourth-order valence-electron chi connectivity index (χ4n) is 3.02. The van der Waals surface area contributed by atoms with Gasteiger partial charge in [0.1, 0.15) is 5.76 Å². The lowest BCUT2D eigenvalue weighted by Crippen LogP contribution is -2.31. The van der Waals surface area contributed by atoms with Crippen molar-refractivity contribution in [2.24, 2.45) is 11.8 Å². The van der Waals surface area contributed by atoms with Crippen LogP contribution >= 0.6 is 0 Å². The molecule has 2 saturated heterocycles. The maximum Gasteiger partial charge on any atom is 0.289 e. The highest BCUT2D eigenvalue weighted by Gasteiger charge is 2.39. The molecule has 2 atom stereocenters. The molecule has 2 aliphatic heterocycles. The third-order valence-corrected chi connectivity index (χ3v) is 3.91. The summed E-state index contributed by atoms with van der Waals surface area (Å²) < 4.78 is 5.50. The number of hydrogen-bond donors (Lipinski definition) is 1. The fourth-order valence-corrected chi connectivity index (χ4v) is 3.02. The first kappa shape index (κ1) is 10.8. The molecular weight excluding hydrogens is 216 g/mol. The molecular formula is C13H18N2O2. The van der Waals surface area contributed by atoms with Gasteiger partial charge in [0.2, 0.25) is 0 Å². The van der Waals surface area contributed by atoms with E-state index in [2.05, 4.69) is 5.32 Å². The number of fused-ring (bicyclic) bond motifs is 1. The minimum absolute atomic E-state index is 0.0602. The Morgan fingerprint density at radius 3 is 2.53 bits per heavy atom. The SMILES string of the molecule is Cc1cc(C)c(C(=O)N2CC3CNCC3C2)o1. The molecule has 0 aromatic carbocycles. The van der Waals surface area contributed by atoms with Crippen molar-refractivity contribution < 1.29 is 9.21 Å². The fraction of sp³-hybridized carbons (Fsp3) is 0.615. The zero-order valence-corrected chi connectivity index (χ0v) is 10.3. The molecule has 2 fully saturated rings. The minimum atomic E-state index is 0.0602. The molecule has 4 heteroatoms. The number of carbonyl (C=O) groups is 1. The molecule has 92 valence electrons. The van der Waals surface area contributed by atoms with E-state index in [-0.39, 0.29) is 5.91 Å². The third kappa shape index (κ3) is 1.76. The summed E-state index contributed by atoms with van der Waals surface area (Å²) in [7, 11) is 0. The van der Waals surface area contributed by atoms with Crippen molar-refractivity contribution in [3.63, 3.8) is 0 Å². The van der Waals surface area contributed by atoms with Crippen LogP contribution in [0.5, 0.6) is 0 Å². The van der Waals surface area contributed by atoms with Crippen molar-refractivity contribution in [2.75, 3.05) is 26.2 Å². The zero-order chi connectivity index (χ0) is 12.0. The van der Waals surface area contributed by atoms with Gasteiger partial charge in [-0.2, -0.15) is 0 Å². The Balaban J connectivity index is 1.77. The average molecular weight is 234 g/mol. The predicted molar refractivity (Wildman–Crippen MR) is 63.9 cm³/mol. The number of nitrogens with one attached hydrogen (secondary N) is 1. The molecule has 2 unspecified atom stereocenters. The number of furan rings is 1. The van der Waals surface area contributed by atoms with Gasteiger partial charge in [-0.05, 0) is 31.7 Å². The Kier molecular flexibility index (Phi) is 2.47. The van der Waals surface area contributed by atoms with Crippen LogP contribution in [0.1, 0.15) is 21.9 Å². The van der Waals surface area contributed by atoms with E-state index in [9.17, 15) is 4.79 Å². The Bertz CT molecular complexity index is 440. The van der Waals surface area contributed by atoms with Gasteiger partial charge >= 0.3 is 0 Å². The summed E-state index contributed by atoms with van der Waals surface area (Å²) in [6.45, 7) is 7.65. The summed E-state index contributed by atoms with van der Waals surface area (Å²) in [6.07, 6.45) is 0. The Morgan fingerprint density at radius 1 is 1.35 bits per heavy atom. The molecule has 1 N–H and O–H groups in total. The molecule has 2 aliphatic rings. The van der Waals surface area contributed by atoms with E-state index in [1.165, 1.54) is 0 Å². The van der Waals surface area contributed by atoms with Gasteiger partial charge < -0.3 is 14.6 Å². The van der Waals surface area contributed by atoms with Crippen LogP contribution in [0.15, 0.2) is 10.5 Å². The lowest BCUT2D eigenvalue weighted by atomic mass is 10.0. The molecule has 3 heterocycles. The summed E-state index contributed by atoms with van der Waals surface area (Å²) in [4.78, 5) is 14.3. The van der Waals surface area contributed by atoms with Gasteiger partial charge in [0.05, 0.1) is 0 Å². The molecule has 0 saturated carbocycles. The van der Waals surface area contributed by atoms with Crippen molar-refractivity contribution in [3.05, 3.63) is 23.2 Å². The Morgan fingerprint density at radius 2 is 2.00 bits per heavy atom. The second-order valence-electron chi connectivity index (χ2n) is 5.26. The van der Waals surface area contributed by atoms with Crippen molar-refractivity contribution >= 4 is 5.91 Å². The maximum atomic E-state index is 12.3. The number of likely N-dealkylation sites (tertiary alicyclic amines) is 1. The maximum absolute atomic E-state index is 12.3. The molecule has 3 rings (SSSR count). The number of amides is 1. The first-order valence-electron chi connectivity index (χ1n) is 6.22. The topological polar surface area (TPSA) is 45.5 Å². The van der Waals surface area contributed by atoms with Crippen LogP contribution in [0.3, 0.4) is 0 Å².